The molecule has 0 radical (unpaired) electrons. The van der Waals surface area contributed by atoms with Gasteiger partial charge in [0.1, 0.15) is 11.6 Å². The van der Waals surface area contributed by atoms with E-state index in [1.165, 1.54) is 11.1 Å². The SMILES string of the molecule is c1ccc(-c2cc(-c3ccccc3)cc(-c3c4ccc(-c5ccc(-c6ccc7c(c6)nc(-c6ccccc6)n7-c6ccccc6)cc5)cc4c(-c4cc(-c5ccccc5)cc(-c5ccccc5)c4)c4ccc(-c5ccc(-c6ccc7c(c6)nc(-c6ccccc6)n7-c6ccccc6)cc5)cc34)c2)cc1. The van der Waals surface area contributed by atoms with Gasteiger partial charge in [0.2, 0.25) is 0 Å². The van der Waals surface area contributed by atoms with Crippen molar-refractivity contribution in [3.05, 3.63) is 400 Å². The zero-order chi connectivity index (χ0) is 68.9. The summed E-state index contributed by atoms with van der Waals surface area (Å²) in [6.07, 6.45) is 0. The van der Waals surface area contributed by atoms with E-state index < -0.39 is 0 Å². The van der Waals surface area contributed by atoms with Crippen molar-refractivity contribution < 1.29 is 0 Å². The Hall–Kier alpha value is -13.8. The summed E-state index contributed by atoms with van der Waals surface area (Å²) < 4.78 is 4.54. The van der Waals surface area contributed by atoms with Crippen molar-refractivity contribution in [2.75, 3.05) is 0 Å². The molecule has 19 aromatic rings. The van der Waals surface area contributed by atoms with Crippen LogP contribution in [0.15, 0.2) is 400 Å². The zero-order valence-corrected chi connectivity index (χ0v) is 56.9. The number of hydrogen-bond donors (Lipinski definition) is 0. The van der Waals surface area contributed by atoms with Crippen molar-refractivity contribution >= 4 is 43.6 Å². The molecule has 2 heterocycles. The molecule has 0 saturated heterocycles. The molecule has 4 nitrogen and oxygen atoms in total. The van der Waals surface area contributed by atoms with Crippen LogP contribution in [-0.2, 0) is 0 Å². The summed E-state index contributed by atoms with van der Waals surface area (Å²) in [7, 11) is 0. The molecule has 486 valence electrons. The van der Waals surface area contributed by atoms with E-state index in [-0.39, 0.29) is 0 Å². The molecule has 0 N–H and O–H groups in total. The van der Waals surface area contributed by atoms with Crippen LogP contribution in [0, 0.1) is 0 Å². The molecule has 0 spiro atoms. The molecule has 17 aromatic carbocycles. The summed E-state index contributed by atoms with van der Waals surface area (Å²) in [5.41, 5.74) is 31.1. The summed E-state index contributed by atoms with van der Waals surface area (Å²) >= 11 is 0. The maximum absolute atomic E-state index is 5.33. The summed E-state index contributed by atoms with van der Waals surface area (Å²) in [4.78, 5) is 10.7. The van der Waals surface area contributed by atoms with E-state index in [0.29, 0.717) is 0 Å². The summed E-state index contributed by atoms with van der Waals surface area (Å²) in [5, 5.41) is 4.65. The average molecular weight is 1320 g/mol. The van der Waals surface area contributed by atoms with Crippen LogP contribution in [0.1, 0.15) is 0 Å². The van der Waals surface area contributed by atoms with Crippen molar-refractivity contribution in [1.29, 1.82) is 0 Å². The molecule has 19 rings (SSSR count). The Kier molecular flexibility index (Phi) is 15.5. The lowest BCUT2D eigenvalue weighted by atomic mass is 9.81. The van der Waals surface area contributed by atoms with Crippen LogP contribution in [0.4, 0.5) is 0 Å². The Morgan fingerprint density at radius 1 is 0.154 bits per heavy atom. The van der Waals surface area contributed by atoms with Gasteiger partial charge in [-0.15, -0.1) is 0 Å². The summed E-state index contributed by atoms with van der Waals surface area (Å²) in [6, 6.07) is 146. The quantitative estimate of drug-likeness (QED) is 0.102. The van der Waals surface area contributed by atoms with Crippen LogP contribution < -0.4 is 0 Å². The summed E-state index contributed by atoms with van der Waals surface area (Å²) in [6.45, 7) is 0. The lowest BCUT2D eigenvalue weighted by molar-refractivity contribution is 1.10. The van der Waals surface area contributed by atoms with Gasteiger partial charge in [0.05, 0.1) is 22.1 Å². The lowest BCUT2D eigenvalue weighted by Gasteiger charge is -2.22. The van der Waals surface area contributed by atoms with Crippen molar-refractivity contribution in [2.45, 2.75) is 0 Å². The monoisotopic (exact) mass is 1320 g/mol. The van der Waals surface area contributed by atoms with Gasteiger partial charge in [-0.1, -0.05) is 303 Å². The number of imidazole rings is 2. The van der Waals surface area contributed by atoms with E-state index in [1.54, 1.807) is 0 Å². The van der Waals surface area contributed by atoms with Crippen LogP contribution in [0.5, 0.6) is 0 Å². The largest absolute Gasteiger partial charge is 0.292 e. The molecule has 2 aromatic heterocycles. The van der Waals surface area contributed by atoms with Crippen LogP contribution in [-0.4, -0.2) is 19.1 Å². The predicted octanol–water partition coefficient (Wildman–Crippen LogP) is 26.7. The van der Waals surface area contributed by atoms with Crippen LogP contribution in [0.3, 0.4) is 0 Å². The molecule has 0 unspecified atom stereocenters. The first-order valence-electron chi connectivity index (χ1n) is 35.6. The highest BCUT2D eigenvalue weighted by Crippen LogP contribution is 2.49. The molecule has 104 heavy (non-hydrogen) atoms. The molecule has 0 bridgehead atoms. The van der Waals surface area contributed by atoms with Crippen molar-refractivity contribution in [2.24, 2.45) is 0 Å². The third kappa shape index (κ3) is 11.4. The fraction of sp³-hybridized carbons (Fsp3) is 0. The first-order valence-corrected chi connectivity index (χ1v) is 35.6. The van der Waals surface area contributed by atoms with Gasteiger partial charge >= 0.3 is 0 Å². The highest BCUT2D eigenvalue weighted by Gasteiger charge is 2.24. The first-order chi connectivity index (χ1) is 51.5. The maximum atomic E-state index is 5.33. The Morgan fingerprint density at radius 2 is 0.385 bits per heavy atom. The number of para-hydroxylation sites is 2. The van der Waals surface area contributed by atoms with E-state index in [1.807, 2.05) is 0 Å². The first kappa shape index (κ1) is 61.3. The normalized spacial score (nSPS) is 11.5. The van der Waals surface area contributed by atoms with Gasteiger partial charge in [-0.3, -0.25) is 9.13 Å². The minimum atomic E-state index is 0.915. The fourth-order valence-corrected chi connectivity index (χ4v) is 15.4. The van der Waals surface area contributed by atoms with Crippen molar-refractivity contribution in [3.8, 4) is 145 Å². The minimum Gasteiger partial charge on any atom is -0.292 e. The number of rotatable bonds is 14. The van der Waals surface area contributed by atoms with Gasteiger partial charge < -0.3 is 0 Å². The Bertz CT molecular complexity index is 5860. The molecule has 4 heteroatoms. The van der Waals surface area contributed by atoms with Crippen LogP contribution >= 0.6 is 0 Å². The third-order valence-corrected chi connectivity index (χ3v) is 20.5. The third-order valence-electron chi connectivity index (χ3n) is 20.5. The van der Waals surface area contributed by atoms with E-state index in [0.717, 1.165) is 178 Å². The van der Waals surface area contributed by atoms with E-state index in [2.05, 4.69) is 410 Å². The molecular formula is C100H66N4. The predicted molar refractivity (Wildman–Crippen MR) is 436 cm³/mol. The minimum absolute atomic E-state index is 0.915. The highest BCUT2D eigenvalue weighted by molar-refractivity contribution is 6.23. The second kappa shape index (κ2) is 26.4. The standard InChI is InChI=1S/C100H66N4/c1-9-25-67(26-10-1)81-57-82(68-27-11-2-12-28-68)60-85(59-81)97-89-53-49-78(72-43-47-74(48-44-72)80-52-56-96-94(66-80)102-100(76-35-19-6-20-36-76)104(96)88-39-23-8-24-40-88)64-92(89)98(86-61-83(69-29-13-3-14-30-69)58-84(62-86)70-31-15-4-16-32-70)90-54-50-77(63-91(90)97)71-41-45-73(46-42-71)79-51-55-95-93(65-79)101-99(75-33-17-5-18-34-75)103(95)87-37-21-7-22-38-87/h1-66H. The number of benzene rings is 17. The van der Waals surface area contributed by atoms with Gasteiger partial charge in [0.25, 0.3) is 0 Å². The Labute approximate surface area is 604 Å². The fourth-order valence-electron chi connectivity index (χ4n) is 15.4. The molecule has 0 saturated carbocycles. The van der Waals surface area contributed by atoms with Crippen molar-refractivity contribution in [1.82, 2.24) is 19.1 Å². The van der Waals surface area contributed by atoms with Gasteiger partial charge in [-0.25, -0.2) is 9.97 Å². The highest BCUT2D eigenvalue weighted by atomic mass is 15.1. The van der Waals surface area contributed by atoms with Crippen LogP contribution in [0.2, 0.25) is 0 Å². The second-order valence-electron chi connectivity index (χ2n) is 26.8. The van der Waals surface area contributed by atoms with E-state index in [9.17, 15) is 0 Å². The molecule has 0 aliphatic rings. The number of hydrogen-bond acceptors (Lipinski definition) is 2. The molecule has 0 amide bonds. The van der Waals surface area contributed by atoms with E-state index >= 15 is 0 Å². The lowest BCUT2D eigenvalue weighted by Crippen LogP contribution is -1.97. The Morgan fingerprint density at radius 3 is 0.683 bits per heavy atom. The summed E-state index contributed by atoms with van der Waals surface area (Å²) in [5.74, 6) is 1.83. The maximum Gasteiger partial charge on any atom is 0.145 e. The molecular weight excluding hydrogens is 1260 g/mol. The second-order valence-corrected chi connectivity index (χ2v) is 26.8. The zero-order valence-electron chi connectivity index (χ0n) is 56.9. The molecule has 0 fully saturated rings. The topological polar surface area (TPSA) is 35.6 Å². The molecule has 0 aliphatic heterocycles. The molecule has 0 aliphatic carbocycles. The van der Waals surface area contributed by atoms with Crippen molar-refractivity contribution in [3.63, 3.8) is 0 Å². The van der Waals surface area contributed by atoms with Crippen LogP contribution in [0.25, 0.3) is 189 Å². The average Bonchev–Trinajstić information content (AvgIpc) is 0.825. The van der Waals surface area contributed by atoms with Gasteiger partial charge in [-0.05, 0) is 230 Å². The van der Waals surface area contributed by atoms with Gasteiger partial charge in [0, 0.05) is 22.5 Å². The molecule has 0 atom stereocenters. The van der Waals surface area contributed by atoms with Gasteiger partial charge in [-0.2, -0.15) is 0 Å². The number of nitrogens with zero attached hydrogens (tertiary/aromatic N) is 4. The van der Waals surface area contributed by atoms with Gasteiger partial charge in [0.15, 0.2) is 0 Å². The van der Waals surface area contributed by atoms with E-state index in [4.69, 9.17) is 9.97 Å². The smallest absolute Gasteiger partial charge is 0.145 e. The number of fused-ring (bicyclic) bond motifs is 4. The Balaban J connectivity index is 0.805. The number of aromatic nitrogens is 4.